The molecule has 1 saturated carbocycles. The second-order valence-electron chi connectivity index (χ2n) is 5.79. The summed E-state index contributed by atoms with van der Waals surface area (Å²) >= 11 is 0. The number of amides is 2. The van der Waals surface area contributed by atoms with E-state index in [1.807, 2.05) is 31.2 Å². The van der Waals surface area contributed by atoms with Crippen LogP contribution in [0.5, 0.6) is 0 Å². The summed E-state index contributed by atoms with van der Waals surface area (Å²) in [4.78, 5) is 16.6. The Morgan fingerprint density at radius 1 is 1.35 bits per heavy atom. The zero-order valence-electron chi connectivity index (χ0n) is 13.2. The van der Waals surface area contributed by atoms with Crippen molar-refractivity contribution in [3.05, 3.63) is 30.6 Å². The summed E-state index contributed by atoms with van der Waals surface area (Å²) in [6.45, 7) is 1.93. The molecule has 7 heteroatoms. The van der Waals surface area contributed by atoms with Crippen LogP contribution in [-0.2, 0) is 10.8 Å². The number of benzene rings is 1. The molecule has 124 valence electrons. The van der Waals surface area contributed by atoms with E-state index in [0.717, 1.165) is 36.7 Å². The second kappa shape index (κ2) is 7.12. The molecule has 1 fully saturated rings. The van der Waals surface area contributed by atoms with Gasteiger partial charge in [-0.3, -0.25) is 4.21 Å². The molecule has 0 spiro atoms. The van der Waals surface area contributed by atoms with E-state index in [2.05, 4.69) is 15.7 Å². The van der Waals surface area contributed by atoms with Crippen molar-refractivity contribution >= 4 is 27.9 Å². The van der Waals surface area contributed by atoms with Gasteiger partial charge in [-0.1, -0.05) is 31.9 Å². The van der Waals surface area contributed by atoms with Gasteiger partial charge in [0.2, 0.25) is 0 Å². The van der Waals surface area contributed by atoms with Crippen molar-refractivity contribution in [2.24, 2.45) is 0 Å². The largest absolute Gasteiger partial charge is 0.334 e. The van der Waals surface area contributed by atoms with Crippen LogP contribution in [0.15, 0.2) is 30.6 Å². The molecule has 6 nitrogen and oxygen atoms in total. The molecule has 2 N–H and O–H groups in total. The van der Waals surface area contributed by atoms with Crippen molar-refractivity contribution in [3.63, 3.8) is 0 Å². The predicted octanol–water partition coefficient (Wildman–Crippen LogP) is 2.37. The van der Waals surface area contributed by atoms with Crippen LogP contribution in [0.2, 0.25) is 0 Å². The first-order chi connectivity index (χ1) is 11.2. The van der Waals surface area contributed by atoms with Crippen molar-refractivity contribution in [2.75, 3.05) is 11.2 Å². The Balaban J connectivity index is 1.67. The molecule has 3 atom stereocenters. The molecule has 0 radical (unpaired) electrons. The van der Waals surface area contributed by atoms with Crippen LogP contribution < -0.4 is 10.7 Å². The number of hydrogen-bond acceptors (Lipinski definition) is 3. The fourth-order valence-electron chi connectivity index (χ4n) is 3.15. The molecular formula is C16H22N4O2S. The van der Waals surface area contributed by atoms with Gasteiger partial charge in [0.15, 0.2) is 0 Å². The van der Waals surface area contributed by atoms with Crippen LogP contribution in [0.4, 0.5) is 4.79 Å². The zero-order valence-corrected chi connectivity index (χ0v) is 14.0. The van der Waals surface area contributed by atoms with Crippen LogP contribution in [0.1, 0.15) is 32.6 Å². The number of imidazole rings is 1. The Hall–Kier alpha value is -1.89. The Labute approximate surface area is 138 Å². The fraction of sp³-hybridized carbons (Fsp3) is 0.500. The molecule has 2 aromatic rings. The fourth-order valence-corrected chi connectivity index (χ4v) is 4.58. The maximum absolute atomic E-state index is 12.3. The second-order valence-corrected chi connectivity index (χ2v) is 7.73. The molecule has 2 amide bonds. The minimum Gasteiger partial charge on any atom is -0.333 e. The van der Waals surface area contributed by atoms with Crippen molar-refractivity contribution in [1.29, 1.82) is 0 Å². The van der Waals surface area contributed by atoms with Crippen molar-refractivity contribution < 1.29 is 9.00 Å². The van der Waals surface area contributed by atoms with Gasteiger partial charge in [-0.05, 0) is 25.0 Å². The van der Waals surface area contributed by atoms with Gasteiger partial charge in [-0.25, -0.2) is 19.9 Å². The number of fused-ring (bicyclic) bond motifs is 1. The van der Waals surface area contributed by atoms with Gasteiger partial charge in [0, 0.05) is 22.6 Å². The molecular weight excluding hydrogens is 312 g/mol. The normalized spacial score (nSPS) is 22.7. The number of hydrogen-bond donors (Lipinski definition) is 2. The first-order valence-electron chi connectivity index (χ1n) is 8.06. The number of nitrogens with zero attached hydrogens (tertiary/aromatic N) is 2. The van der Waals surface area contributed by atoms with E-state index in [4.69, 9.17) is 0 Å². The number of aromatic nitrogens is 2. The highest BCUT2D eigenvalue weighted by atomic mass is 32.2. The first kappa shape index (κ1) is 16.0. The number of nitrogens with one attached hydrogen (secondary N) is 2. The lowest BCUT2D eigenvalue weighted by atomic mass is 9.95. The Morgan fingerprint density at radius 3 is 2.96 bits per heavy atom. The van der Waals surface area contributed by atoms with Gasteiger partial charge in [0.05, 0.1) is 16.3 Å². The lowest BCUT2D eigenvalue weighted by molar-refractivity contribution is 0.242. The minimum absolute atomic E-state index is 0.0284. The van der Waals surface area contributed by atoms with E-state index in [9.17, 15) is 9.00 Å². The predicted molar refractivity (Wildman–Crippen MR) is 92.4 cm³/mol. The summed E-state index contributed by atoms with van der Waals surface area (Å²) < 4.78 is 13.8. The number of rotatable bonds is 4. The highest BCUT2D eigenvalue weighted by molar-refractivity contribution is 7.85. The third-order valence-corrected chi connectivity index (χ3v) is 6.13. The molecule has 0 bridgehead atoms. The summed E-state index contributed by atoms with van der Waals surface area (Å²) in [6, 6.07) is 7.30. The number of para-hydroxylation sites is 2. The van der Waals surface area contributed by atoms with Crippen LogP contribution in [0.3, 0.4) is 0 Å². The van der Waals surface area contributed by atoms with Crippen LogP contribution >= 0.6 is 0 Å². The molecule has 1 aliphatic rings. The van der Waals surface area contributed by atoms with Crippen molar-refractivity contribution in [3.8, 4) is 0 Å². The summed E-state index contributed by atoms with van der Waals surface area (Å²) in [6.07, 6.45) is 5.54. The third-order valence-electron chi connectivity index (χ3n) is 4.32. The third kappa shape index (κ3) is 3.55. The van der Waals surface area contributed by atoms with Gasteiger partial charge < -0.3 is 5.32 Å². The van der Waals surface area contributed by atoms with Gasteiger partial charge in [0.25, 0.3) is 0 Å². The monoisotopic (exact) mass is 334 g/mol. The number of carbonyl (C=O) groups is 1. The molecule has 1 heterocycles. The summed E-state index contributed by atoms with van der Waals surface area (Å²) in [7, 11) is -0.883. The van der Waals surface area contributed by atoms with Crippen LogP contribution in [-0.4, -0.2) is 36.9 Å². The molecule has 1 aromatic heterocycles. The van der Waals surface area contributed by atoms with E-state index in [1.54, 1.807) is 11.0 Å². The Kier molecular flexibility index (Phi) is 4.95. The number of carbonyl (C=O) groups excluding carboxylic acids is 1. The smallest absolute Gasteiger partial charge is 0.333 e. The highest BCUT2D eigenvalue weighted by Gasteiger charge is 2.30. The molecule has 23 heavy (non-hydrogen) atoms. The van der Waals surface area contributed by atoms with Gasteiger partial charge >= 0.3 is 6.03 Å². The zero-order chi connectivity index (χ0) is 16.2. The topological polar surface area (TPSA) is 76.0 Å². The average Bonchev–Trinajstić information content (AvgIpc) is 2.98. The molecule has 1 aliphatic carbocycles. The van der Waals surface area contributed by atoms with E-state index in [-0.39, 0.29) is 17.3 Å². The van der Waals surface area contributed by atoms with Gasteiger partial charge in [0.1, 0.15) is 6.33 Å². The van der Waals surface area contributed by atoms with Gasteiger partial charge in [-0.15, -0.1) is 0 Å². The summed E-state index contributed by atoms with van der Waals surface area (Å²) in [5.74, 6) is 0.636. The molecule has 0 aliphatic heterocycles. The lowest BCUT2D eigenvalue weighted by Crippen LogP contribution is -2.49. The van der Waals surface area contributed by atoms with Crippen LogP contribution in [0, 0.1) is 0 Å². The summed E-state index contributed by atoms with van der Waals surface area (Å²) in [5, 5.41) is 3.05. The Bertz CT molecular complexity index is 715. The lowest BCUT2D eigenvalue weighted by Gasteiger charge is -2.31. The average molecular weight is 334 g/mol. The van der Waals surface area contributed by atoms with E-state index < -0.39 is 10.8 Å². The van der Waals surface area contributed by atoms with E-state index in [1.165, 1.54) is 0 Å². The van der Waals surface area contributed by atoms with E-state index in [0.29, 0.717) is 5.75 Å². The maximum atomic E-state index is 12.3. The van der Waals surface area contributed by atoms with Gasteiger partial charge in [-0.2, -0.15) is 0 Å². The molecule has 1 aromatic carbocycles. The van der Waals surface area contributed by atoms with Crippen molar-refractivity contribution in [2.45, 2.75) is 43.9 Å². The van der Waals surface area contributed by atoms with E-state index >= 15 is 0 Å². The highest BCUT2D eigenvalue weighted by Crippen LogP contribution is 2.23. The van der Waals surface area contributed by atoms with Crippen molar-refractivity contribution in [1.82, 2.24) is 15.0 Å². The maximum Gasteiger partial charge on any atom is 0.334 e. The standard InChI is InChI=1S/C16H22N4O2S/c1-2-23(22)15-10-6-4-8-13(15)18-16(21)19-20-11-17-12-7-3-5-9-14(12)20/h3,5,7,9,11,13,15H,2,4,6,8,10H2,1H3,(H2,18,19,21)/t13-,15+,23+/m1/s1. The molecule has 0 unspecified atom stereocenters. The SMILES string of the molecule is CC[S@](=O)[C@H]1CCCC[C@H]1NC(=O)Nn1cnc2ccccc21. The molecule has 0 saturated heterocycles. The summed E-state index contributed by atoms with van der Waals surface area (Å²) in [5.41, 5.74) is 4.47. The minimum atomic E-state index is -0.883. The molecule has 3 rings (SSSR count). The van der Waals surface area contributed by atoms with Crippen LogP contribution in [0.25, 0.3) is 11.0 Å². The first-order valence-corrected chi connectivity index (χ1v) is 9.44. The quantitative estimate of drug-likeness (QED) is 0.901. The number of urea groups is 1. The Morgan fingerprint density at radius 2 is 2.13 bits per heavy atom.